The largest absolute Gasteiger partial charge is 0.381 e. The minimum absolute atomic E-state index is 0.0790. The molecule has 0 aliphatic rings. The molecule has 0 aliphatic carbocycles. The number of hydrogen-bond donors (Lipinski definition) is 1. The maximum Gasteiger partial charge on any atom is 0.288 e. The van der Waals surface area contributed by atoms with E-state index in [1.807, 2.05) is 0 Å². The van der Waals surface area contributed by atoms with Gasteiger partial charge in [0.1, 0.15) is 10.8 Å². The van der Waals surface area contributed by atoms with Gasteiger partial charge in [-0.1, -0.05) is 23.7 Å². The normalized spacial score (nSPS) is 10.3. The van der Waals surface area contributed by atoms with Crippen molar-refractivity contribution < 1.29 is 9.31 Å². The standard InChI is InChI=1S/C14H12ClFN2O2/c1-9-6-10(2-4-13(9)16)8-17-11-3-5-14(18(19)20)12(15)7-11/h2-7,17H,8H2,1H3. The molecule has 0 aliphatic heterocycles. The average molecular weight is 295 g/mol. The number of nitro benzene ring substituents is 1. The monoisotopic (exact) mass is 294 g/mol. The lowest BCUT2D eigenvalue weighted by Gasteiger charge is -2.08. The van der Waals surface area contributed by atoms with Crippen molar-refractivity contribution >= 4 is 23.0 Å². The highest BCUT2D eigenvalue weighted by Gasteiger charge is 2.11. The maximum absolute atomic E-state index is 13.1. The molecule has 0 bridgehead atoms. The van der Waals surface area contributed by atoms with Gasteiger partial charge in [-0.25, -0.2) is 4.39 Å². The van der Waals surface area contributed by atoms with Gasteiger partial charge in [0.2, 0.25) is 0 Å². The van der Waals surface area contributed by atoms with Crippen LogP contribution in [0.5, 0.6) is 0 Å². The van der Waals surface area contributed by atoms with Gasteiger partial charge in [0, 0.05) is 18.3 Å². The van der Waals surface area contributed by atoms with Crippen LogP contribution in [0, 0.1) is 22.9 Å². The van der Waals surface area contributed by atoms with Crippen LogP contribution in [-0.2, 0) is 6.54 Å². The molecule has 0 fully saturated rings. The van der Waals surface area contributed by atoms with Crippen molar-refractivity contribution in [1.29, 1.82) is 0 Å². The third-order valence-corrected chi connectivity index (χ3v) is 3.17. The number of hydrogen-bond acceptors (Lipinski definition) is 3. The molecule has 0 saturated carbocycles. The van der Waals surface area contributed by atoms with Crippen LogP contribution in [0.4, 0.5) is 15.8 Å². The summed E-state index contributed by atoms with van der Waals surface area (Å²) < 4.78 is 13.1. The molecule has 0 heterocycles. The van der Waals surface area contributed by atoms with Crippen LogP contribution in [0.2, 0.25) is 5.02 Å². The van der Waals surface area contributed by atoms with Gasteiger partial charge in [0.15, 0.2) is 0 Å². The predicted molar refractivity (Wildman–Crippen MR) is 76.6 cm³/mol. The number of nitro groups is 1. The smallest absolute Gasteiger partial charge is 0.288 e. The molecule has 2 aromatic carbocycles. The Kier molecular flexibility index (Phi) is 4.20. The Morgan fingerprint density at radius 2 is 2.05 bits per heavy atom. The van der Waals surface area contributed by atoms with Crippen LogP contribution in [0.15, 0.2) is 36.4 Å². The summed E-state index contributed by atoms with van der Waals surface area (Å²) in [7, 11) is 0. The Balaban J connectivity index is 2.09. The lowest BCUT2D eigenvalue weighted by molar-refractivity contribution is -0.384. The minimum atomic E-state index is -0.532. The number of nitrogens with one attached hydrogen (secondary N) is 1. The summed E-state index contributed by atoms with van der Waals surface area (Å²) in [5.41, 5.74) is 2.03. The summed E-state index contributed by atoms with van der Waals surface area (Å²) in [5, 5.41) is 13.8. The van der Waals surface area contributed by atoms with Crippen LogP contribution in [0.3, 0.4) is 0 Å². The molecular formula is C14H12ClFN2O2. The molecule has 0 unspecified atom stereocenters. The Labute approximate surface area is 120 Å². The van der Waals surface area contributed by atoms with Crippen molar-refractivity contribution in [3.63, 3.8) is 0 Å². The summed E-state index contributed by atoms with van der Waals surface area (Å²) in [5.74, 6) is -0.243. The van der Waals surface area contributed by atoms with E-state index in [0.29, 0.717) is 17.8 Å². The quantitative estimate of drug-likeness (QED) is 0.675. The van der Waals surface area contributed by atoms with Crippen LogP contribution in [-0.4, -0.2) is 4.92 Å². The highest BCUT2D eigenvalue weighted by Crippen LogP contribution is 2.27. The second-order valence-electron chi connectivity index (χ2n) is 4.36. The second kappa shape index (κ2) is 5.88. The van der Waals surface area contributed by atoms with Crippen molar-refractivity contribution in [3.8, 4) is 0 Å². The molecule has 1 N–H and O–H groups in total. The fraction of sp³-hybridized carbons (Fsp3) is 0.143. The number of nitrogens with zero attached hydrogens (tertiary/aromatic N) is 1. The van der Waals surface area contributed by atoms with E-state index in [1.54, 1.807) is 25.1 Å². The third-order valence-electron chi connectivity index (χ3n) is 2.86. The van der Waals surface area contributed by atoms with Crippen LogP contribution >= 0.6 is 11.6 Å². The van der Waals surface area contributed by atoms with E-state index in [0.717, 1.165) is 5.56 Å². The molecule has 0 amide bonds. The Morgan fingerprint density at radius 1 is 1.30 bits per heavy atom. The van der Waals surface area contributed by atoms with Gasteiger partial charge >= 0.3 is 0 Å². The van der Waals surface area contributed by atoms with Gasteiger partial charge in [-0.3, -0.25) is 10.1 Å². The van der Waals surface area contributed by atoms with Gasteiger partial charge in [-0.2, -0.15) is 0 Å². The fourth-order valence-corrected chi connectivity index (χ4v) is 2.04. The molecule has 0 spiro atoms. The van der Waals surface area contributed by atoms with Gasteiger partial charge in [-0.15, -0.1) is 0 Å². The molecule has 0 saturated heterocycles. The van der Waals surface area contributed by atoms with Gasteiger partial charge < -0.3 is 5.32 Å². The Bertz CT molecular complexity index is 662. The van der Waals surface area contributed by atoms with E-state index in [9.17, 15) is 14.5 Å². The van der Waals surface area contributed by atoms with Crippen LogP contribution in [0.25, 0.3) is 0 Å². The first-order chi connectivity index (χ1) is 9.47. The van der Waals surface area contributed by atoms with Crippen molar-refractivity contribution in [2.45, 2.75) is 13.5 Å². The predicted octanol–water partition coefficient (Wildman–Crippen LogP) is 4.31. The molecule has 0 atom stereocenters. The highest BCUT2D eigenvalue weighted by molar-refractivity contribution is 6.32. The Morgan fingerprint density at radius 3 is 2.65 bits per heavy atom. The summed E-state index contributed by atoms with van der Waals surface area (Å²) in [6, 6.07) is 9.27. The van der Waals surface area contributed by atoms with Gasteiger partial charge in [0.25, 0.3) is 5.69 Å². The van der Waals surface area contributed by atoms with E-state index in [-0.39, 0.29) is 16.5 Å². The zero-order valence-corrected chi connectivity index (χ0v) is 11.4. The van der Waals surface area contributed by atoms with Gasteiger partial charge in [-0.05, 0) is 36.2 Å². The lowest BCUT2D eigenvalue weighted by atomic mass is 10.1. The minimum Gasteiger partial charge on any atom is -0.381 e. The van der Waals surface area contributed by atoms with Crippen molar-refractivity contribution in [3.05, 3.63) is 68.5 Å². The number of anilines is 1. The molecule has 104 valence electrons. The number of halogens is 2. The fourth-order valence-electron chi connectivity index (χ4n) is 1.79. The average Bonchev–Trinajstić information content (AvgIpc) is 2.40. The van der Waals surface area contributed by atoms with E-state index in [4.69, 9.17) is 11.6 Å². The number of aryl methyl sites for hydroxylation is 1. The topological polar surface area (TPSA) is 55.2 Å². The molecule has 2 rings (SSSR count). The van der Waals surface area contributed by atoms with E-state index in [1.165, 1.54) is 18.2 Å². The zero-order valence-electron chi connectivity index (χ0n) is 10.7. The number of benzene rings is 2. The van der Waals surface area contributed by atoms with E-state index < -0.39 is 4.92 Å². The van der Waals surface area contributed by atoms with Crippen LogP contribution in [0.1, 0.15) is 11.1 Å². The molecule has 4 nitrogen and oxygen atoms in total. The van der Waals surface area contributed by atoms with Gasteiger partial charge in [0.05, 0.1) is 4.92 Å². The molecule has 0 radical (unpaired) electrons. The van der Waals surface area contributed by atoms with Crippen LogP contribution < -0.4 is 5.32 Å². The molecular weight excluding hydrogens is 283 g/mol. The molecule has 0 aromatic heterocycles. The first kappa shape index (κ1) is 14.3. The Hall–Kier alpha value is -2.14. The van der Waals surface area contributed by atoms with Crippen molar-refractivity contribution in [1.82, 2.24) is 0 Å². The zero-order chi connectivity index (χ0) is 14.7. The van der Waals surface area contributed by atoms with Crippen molar-refractivity contribution in [2.75, 3.05) is 5.32 Å². The third kappa shape index (κ3) is 3.24. The summed E-state index contributed by atoms with van der Waals surface area (Å²) in [4.78, 5) is 10.1. The second-order valence-corrected chi connectivity index (χ2v) is 4.77. The summed E-state index contributed by atoms with van der Waals surface area (Å²) >= 11 is 5.82. The number of rotatable bonds is 4. The maximum atomic E-state index is 13.1. The van der Waals surface area contributed by atoms with E-state index >= 15 is 0 Å². The molecule has 2 aromatic rings. The lowest BCUT2D eigenvalue weighted by Crippen LogP contribution is -2.00. The summed E-state index contributed by atoms with van der Waals surface area (Å²) in [6.45, 7) is 2.18. The first-order valence-electron chi connectivity index (χ1n) is 5.90. The highest BCUT2D eigenvalue weighted by atomic mass is 35.5. The van der Waals surface area contributed by atoms with E-state index in [2.05, 4.69) is 5.32 Å². The summed E-state index contributed by atoms with van der Waals surface area (Å²) in [6.07, 6.45) is 0. The first-order valence-corrected chi connectivity index (χ1v) is 6.28. The molecule has 6 heteroatoms. The SMILES string of the molecule is Cc1cc(CNc2ccc([N+](=O)[O-])c(Cl)c2)ccc1F. The molecule has 20 heavy (non-hydrogen) atoms. The van der Waals surface area contributed by atoms with Crippen molar-refractivity contribution in [2.24, 2.45) is 0 Å².